The predicted octanol–water partition coefficient (Wildman–Crippen LogP) is 3.68. The fourth-order valence-electron chi connectivity index (χ4n) is 2.55. The Morgan fingerprint density at radius 2 is 1.79 bits per heavy atom. The number of hydrogen-bond donors (Lipinski definition) is 2. The van der Waals surface area contributed by atoms with Crippen LogP contribution in [0.2, 0.25) is 0 Å². The number of halogens is 3. The Labute approximate surface area is 154 Å². The normalized spacial score (nSPS) is 11.2. The summed E-state index contributed by atoms with van der Waals surface area (Å²) in [5, 5.41) is 11.5. The highest BCUT2D eigenvalue weighted by Gasteiger charge is 2.31. The van der Waals surface area contributed by atoms with E-state index in [2.05, 4.69) is 10.1 Å². The van der Waals surface area contributed by atoms with Crippen molar-refractivity contribution >= 4 is 28.6 Å². The molecule has 0 radical (unpaired) electrons. The van der Waals surface area contributed by atoms with Crippen molar-refractivity contribution in [3.05, 3.63) is 70.5 Å². The smallest absolute Gasteiger partial charge is 0.477 e. The molecule has 10 heteroatoms. The number of nitrogens with one attached hydrogen (secondary N) is 1. The standard InChI is InChI=1S/C18H11F3N2O5/c19-18(20,21)28-11-5-3-4-10(8-11)22-17(27)23-9-13(16(25)26)15(24)12-6-1-2-7-14(12)23/h1-9H,(H,22,27)(H,25,26). The molecule has 0 aliphatic rings. The van der Waals surface area contributed by atoms with Crippen molar-refractivity contribution in [3.8, 4) is 5.75 Å². The summed E-state index contributed by atoms with van der Waals surface area (Å²) < 4.78 is 41.7. The van der Waals surface area contributed by atoms with Crippen LogP contribution in [0.1, 0.15) is 10.4 Å². The molecule has 0 saturated carbocycles. The van der Waals surface area contributed by atoms with Gasteiger partial charge in [-0.15, -0.1) is 13.2 Å². The van der Waals surface area contributed by atoms with Crippen molar-refractivity contribution in [2.45, 2.75) is 6.36 Å². The van der Waals surface area contributed by atoms with Crippen molar-refractivity contribution < 1.29 is 32.6 Å². The molecule has 0 fully saturated rings. The summed E-state index contributed by atoms with van der Waals surface area (Å²) in [6, 6.07) is 9.56. The van der Waals surface area contributed by atoms with Crippen LogP contribution in [0.15, 0.2) is 59.5 Å². The molecule has 2 aromatic carbocycles. The first kappa shape index (κ1) is 19.0. The minimum Gasteiger partial charge on any atom is -0.477 e. The van der Waals surface area contributed by atoms with Crippen molar-refractivity contribution in [2.24, 2.45) is 0 Å². The summed E-state index contributed by atoms with van der Waals surface area (Å²) >= 11 is 0. The highest BCUT2D eigenvalue weighted by molar-refractivity contribution is 6.00. The number of rotatable bonds is 3. The van der Waals surface area contributed by atoms with Crippen LogP contribution in [0, 0.1) is 0 Å². The third-order valence-electron chi connectivity index (χ3n) is 3.68. The first-order chi connectivity index (χ1) is 13.2. The van der Waals surface area contributed by atoms with Gasteiger partial charge in [-0.25, -0.2) is 9.59 Å². The van der Waals surface area contributed by atoms with E-state index in [-0.39, 0.29) is 16.6 Å². The number of para-hydroxylation sites is 1. The number of anilines is 1. The second kappa shape index (κ2) is 7.06. The number of hydrogen-bond acceptors (Lipinski definition) is 4. The van der Waals surface area contributed by atoms with E-state index >= 15 is 0 Å². The lowest BCUT2D eigenvalue weighted by Gasteiger charge is -2.13. The Morgan fingerprint density at radius 1 is 1.07 bits per heavy atom. The molecule has 2 N–H and O–H groups in total. The van der Waals surface area contributed by atoms with Gasteiger partial charge in [-0.05, 0) is 24.3 Å². The van der Waals surface area contributed by atoms with Crippen molar-refractivity contribution in [1.29, 1.82) is 0 Å². The molecule has 0 unspecified atom stereocenters. The number of aromatic carboxylic acids is 1. The zero-order chi connectivity index (χ0) is 20.5. The van der Waals surface area contributed by atoms with Gasteiger partial charge < -0.3 is 15.2 Å². The van der Waals surface area contributed by atoms with Gasteiger partial charge >= 0.3 is 18.4 Å². The summed E-state index contributed by atoms with van der Waals surface area (Å²) in [5.41, 5.74) is -1.26. The van der Waals surface area contributed by atoms with E-state index in [1.165, 1.54) is 30.3 Å². The molecule has 0 aliphatic carbocycles. The molecular weight excluding hydrogens is 381 g/mol. The maximum absolute atomic E-state index is 12.6. The third-order valence-corrected chi connectivity index (χ3v) is 3.68. The van der Waals surface area contributed by atoms with Gasteiger partial charge in [-0.2, -0.15) is 0 Å². The van der Waals surface area contributed by atoms with Gasteiger partial charge in [0.1, 0.15) is 11.3 Å². The molecule has 3 aromatic rings. The number of carbonyl (C=O) groups excluding carboxylic acids is 1. The first-order valence-corrected chi connectivity index (χ1v) is 7.70. The van der Waals surface area contributed by atoms with Crippen molar-refractivity contribution in [1.82, 2.24) is 4.57 Å². The number of aromatic nitrogens is 1. The van der Waals surface area contributed by atoms with E-state index in [9.17, 15) is 32.7 Å². The molecule has 0 saturated heterocycles. The molecule has 144 valence electrons. The zero-order valence-electron chi connectivity index (χ0n) is 13.9. The van der Waals surface area contributed by atoms with E-state index < -0.39 is 35.1 Å². The Bertz CT molecular complexity index is 1140. The summed E-state index contributed by atoms with van der Waals surface area (Å²) in [6.45, 7) is 0. The minimum absolute atomic E-state index is 0.00621. The fourth-order valence-corrected chi connectivity index (χ4v) is 2.55. The van der Waals surface area contributed by atoms with Gasteiger partial charge in [-0.1, -0.05) is 18.2 Å². The Morgan fingerprint density at radius 3 is 2.46 bits per heavy atom. The Hall–Kier alpha value is -3.82. The molecule has 7 nitrogen and oxygen atoms in total. The van der Waals surface area contributed by atoms with Gasteiger partial charge in [0.15, 0.2) is 0 Å². The van der Waals surface area contributed by atoms with Crippen molar-refractivity contribution in [2.75, 3.05) is 5.32 Å². The summed E-state index contributed by atoms with van der Waals surface area (Å²) in [7, 11) is 0. The molecule has 0 aliphatic heterocycles. The predicted molar refractivity (Wildman–Crippen MR) is 92.7 cm³/mol. The van der Waals surface area contributed by atoms with Crippen LogP contribution in [0.5, 0.6) is 5.75 Å². The summed E-state index contributed by atoms with van der Waals surface area (Å²) in [6.07, 6.45) is -4.04. The number of pyridine rings is 1. The highest BCUT2D eigenvalue weighted by atomic mass is 19.4. The number of ether oxygens (including phenoxy) is 1. The van der Waals surface area contributed by atoms with Gasteiger partial charge in [-0.3, -0.25) is 9.36 Å². The number of alkyl halides is 3. The quantitative estimate of drug-likeness (QED) is 0.709. The van der Waals surface area contributed by atoms with Crippen LogP contribution in [-0.4, -0.2) is 28.0 Å². The third kappa shape index (κ3) is 3.95. The lowest BCUT2D eigenvalue weighted by atomic mass is 10.1. The molecule has 0 atom stereocenters. The van der Waals surface area contributed by atoms with E-state index in [0.29, 0.717) is 0 Å². The lowest BCUT2D eigenvalue weighted by Crippen LogP contribution is -2.25. The maximum Gasteiger partial charge on any atom is 0.573 e. The minimum atomic E-state index is -4.89. The molecule has 1 amide bonds. The number of carboxylic acids is 1. The second-order valence-electron chi connectivity index (χ2n) is 5.57. The number of nitrogens with zero attached hydrogens (tertiary/aromatic N) is 1. The van der Waals surface area contributed by atoms with Gasteiger partial charge in [0.25, 0.3) is 0 Å². The molecular formula is C18H11F3N2O5. The van der Waals surface area contributed by atoms with Crippen LogP contribution in [0.4, 0.5) is 23.7 Å². The van der Waals surface area contributed by atoms with Gasteiger partial charge in [0.2, 0.25) is 5.43 Å². The average Bonchev–Trinajstić information content (AvgIpc) is 2.60. The zero-order valence-corrected chi connectivity index (χ0v) is 13.9. The lowest BCUT2D eigenvalue weighted by molar-refractivity contribution is -0.274. The number of carboxylic acid groups (broad SMARTS) is 1. The number of benzene rings is 2. The largest absolute Gasteiger partial charge is 0.573 e. The highest BCUT2D eigenvalue weighted by Crippen LogP contribution is 2.25. The van der Waals surface area contributed by atoms with Gasteiger partial charge in [0.05, 0.1) is 5.52 Å². The molecule has 3 rings (SSSR count). The summed E-state index contributed by atoms with van der Waals surface area (Å²) in [4.78, 5) is 36.1. The second-order valence-corrected chi connectivity index (χ2v) is 5.57. The van der Waals surface area contributed by atoms with E-state index in [4.69, 9.17) is 0 Å². The fraction of sp³-hybridized carbons (Fsp3) is 0.0556. The van der Waals surface area contributed by atoms with Crippen molar-refractivity contribution in [3.63, 3.8) is 0 Å². The number of carbonyl (C=O) groups is 2. The van der Waals surface area contributed by atoms with Crippen LogP contribution >= 0.6 is 0 Å². The SMILES string of the molecule is O=C(O)c1cn(C(=O)Nc2cccc(OC(F)(F)F)c2)c2ccccc2c1=O. The molecule has 28 heavy (non-hydrogen) atoms. The Balaban J connectivity index is 2.01. The topological polar surface area (TPSA) is 97.6 Å². The van der Waals surface area contributed by atoms with Crippen LogP contribution in [0.25, 0.3) is 10.9 Å². The maximum atomic E-state index is 12.6. The van der Waals surface area contributed by atoms with E-state index in [1.54, 1.807) is 6.07 Å². The van der Waals surface area contributed by atoms with Crippen LogP contribution in [0.3, 0.4) is 0 Å². The molecule has 0 bridgehead atoms. The molecule has 1 aromatic heterocycles. The Kier molecular flexibility index (Phi) is 4.78. The van der Waals surface area contributed by atoms with E-state index in [1.807, 2.05) is 0 Å². The van der Waals surface area contributed by atoms with Crippen LogP contribution < -0.4 is 15.5 Å². The average molecular weight is 392 g/mol. The molecule has 0 spiro atoms. The summed E-state index contributed by atoms with van der Waals surface area (Å²) in [5.74, 6) is -2.06. The number of amides is 1. The monoisotopic (exact) mass is 392 g/mol. The van der Waals surface area contributed by atoms with Crippen LogP contribution in [-0.2, 0) is 0 Å². The first-order valence-electron chi connectivity index (χ1n) is 7.70. The number of fused-ring (bicyclic) bond motifs is 1. The molecule has 1 heterocycles. The van der Waals surface area contributed by atoms with Gasteiger partial charge in [0, 0.05) is 23.3 Å². The van der Waals surface area contributed by atoms with E-state index in [0.717, 1.165) is 22.9 Å².